The van der Waals surface area contributed by atoms with Crippen LogP contribution < -0.4 is 0 Å². The van der Waals surface area contributed by atoms with Gasteiger partial charge in [0.25, 0.3) is 0 Å². The van der Waals surface area contributed by atoms with Crippen LogP contribution in [0.25, 0.3) is 0 Å². The average molecular weight is 218 g/mol. The third-order valence-electron chi connectivity index (χ3n) is 2.14. The second kappa shape index (κ2) is 5.11. The molecule has 0 bridgehead atoms. The Morgan fingerprint density at radius 2 is 2.00 bits per heavy atom. The van der Waals surface area contributed by atoms with Crippen LogP contribution in [-0.4, -0.2) is 50.9 Å². The molecular formula is C9H14O6. The fourth-order valence-corrected chi connectivity index (χ4v) is 1.38. The fourth-order valence-electron chi connectivity index (χ4n) is 1.38. The number of carbonyl (C=O) groups is 1. The molecule has 0 saturated heterocycles. The molecule has 0 aromatic heterocycles. The monoisotopic (exact) mass is 218 g/mol. The van der Waals surface area contributed by atoms with Crippen LogP contribution in [-0.2, 0) is 23.7 Å². The maximum Gasteiger partial charge on any atom is 0.371 e. The van der Waals surface area contributed by atoms with Gasteiger partial charge in [-0.25, -0.2) is 4.79 Å². The normalized spacial score (nSPS) is 30.6. The molecule has 15 heavy (non-hydrogen) atoms. The first-order chi connectivity index (χ1) is 7.13. The number of carboxylic acid groups (broad SMARTS) is 1. The van der Waals surface area contributed by atoms with Crippen molar-refractivity contribution in [1.82, 2.24) is 0 Å². The van der Waals surface area contributed by atoms with Crippen LogP contribution >= 0.6 is 0 Å². The zero-order chi connectivity index (χ0) is 11.4. The van der Waals surface area contributed by atoms with E-state index < -0.39 is 24.5 Å². The van der Waals surface area contributed by atoms with E-state index in [1.165, 1.54) is 27.4 Å². The predicted molar refractivity (Wildman–Crippen MR) is 49.2 cm³/mol. The quantitative estimate of drug-likeness (QED) is 0.715. The number of hydrogen-bond donors (Lipinski definition) is 1. The molecule has 1 rings (SSSR count). The second-order valence-corrected chi connectivity index (χ2v) is 2.96. The summed E-state index contributed by atoms with van der Waals surface area (Å²) in [6.07, 6.45) is -0.412. The minimum Gasteiger partial charge on any atom is -0.475 e. The molecule has 1 aliphatic rings. The van der Waals surface area contributed by atoms with E-state index in [2.05, 4.69) is 0 Å². The first-order valence-electron chi connectivity index (χ1n) is 4.34. The molecule has 0 fully saturated rings. The molecule has 0 aromatic rings. The maximum absolute atomic E-state index is 10.7. The number of hydrogen-bond acceptors (Lipinski definition) is 5. The Morgan fingerprint density at radius 1 is 1.33 bits per heavy atom. The standard InChI is InChI=1S/C9H14O6/c1-12-5-4-6(8(10)11)15-9(14-3)7(5)13-2/h4-5,7,9H,1-3H3,(H,10,11). The van der Waals surface area contributed by atoms with Crippen LogP contribution in [0.3, 0.4) is 0 Å². The smallest absolute Gasteiger partial charge is 0.371 e. The molecule has 3 atom stereocenters. The van der Waals surface area contributed by atoms with Gasteiger partial charge in [-0.2, -0.15) is 0 Å². The number of rotatable bonds is 4. The van der Waals surface area contributed by atoms with E-state index >= 15 is 0 Å². The third kappa shape index (κ3) is 2.47. The van der Waals surface area contributed by atoms with Gasteiger partial charge in [0.05, 0.1) is 0 Å². The van der Waals surface area contributed by atoms with Gasteiger partial charge in [-0.05, 0) is 6.08 Å². The van der Waals surface area contributed by atoms with Crippen LogP contribution in [0.5, 0.6) is 0 Å². The van der Waals surface area contributed by atoms with E-state index in [1.807, 2.05) is 0 Å². The summed E-state index contributed by atoms with van der Waals surface area (Å²) in [5.74, 6) is -1.35. The summed E-state index contributed by atoms with van der Waals surface area (Å²) in [6.45, 7) is 0. The Morgan fingerprint density at radius 3 is 2.40 bits per heavy atom. The van der Waals surface area contributed by atoms with Crippen molar-refractivity contribution >= 4 is 5.97 Å². The van der Waals surface area contributed by atoms with Gasteiger partial charge in [0.2, 0.25) is 12.0 Å². The van der Waals surface area contributed by atoms with Crippen LogP contribution in [0.1, 0.15) is 0 Å². The lowest BCUT2D eigenvalue weighted by molar-refractivity contribution is -0.207. The van der Waals surface area contributed by atoms with Crippen molar-refractivity contribution in [3.8, 4) is 0 Å². The van der Waals surface area contributed by atoms with Gasteiger partial charge >= 0.3 is 5.97 Å². The van der Waals surface area contributed by atoms with Crippen molar-refractivity contribution in [1.29, 1.82) is 0 Å². The molecule has 1 heterocycles. The Kier molecular flexibility index (Phi) is 4.07. The summed E-state index contributed by atoms with van der Waals surface area (Å²) in [5.41, 5.74) is 0. The first kappa shape index (κ1) is 12.0. The maximum atomic E-state index is 10.7. The molecule has 0 spiro atoms. The molecule has 6 heteroatoms. The van der Waals surface area contributed by atoms with Crippen molar-refractivity contribution in [2.45, 2.75) is 18.5 Å². The van der Waals surface area contributed by atoms with Crippen molar-refractivity contribution in [3.05, 3.63) is 11.8 Å². The number of ether oxygens (including phenoxy) is 4. The molecule has 3 unspecified atom stereocenters. The fraction of sp³-hybridized carbons (Fsp3) is 0.667. The third-order valence-corrected chi connectivity index (χ3v) is 2.14. The molecule has 86 valence electrons. The molecule has 1 N–H and O–H groups in total. The minimum absolute atomic E-state index is 0.193. The number of aliphatic carboxylic acids is 1. The first-order valence-corrected chi connectivity index (χ1v) is 4.34. The van der Waals surface area contributed by atoms with Gasteiger partial charge in [0, 0.05) is 21.3 Å². The number of carboxylic acids is 1. The average Bonchev–Trinajstić information content (AvgIpc) is 2.26. The van der Waals surface area contributed by atoms with Gasteiger partial charge in [-0.15, -0.1) is 0 Å². The zero-order valence-corrected chi connectivity index (χ0v) is 8.80. The summed E-state index contributed by atoms with van der Waals surface area (Å²) in [5, 5.41) is 8.78. The molecular weight excluding hydrogens is 204 g/mol. The Balaban J connectivity index is 2.90. The Bertz CT molecular complexity index is 261. The van der Waals surface area contributed by atoms with Crippen LogP contribution in [0.4, 0.5) is 0 Å². The molecule has 1 aliphatic heterocycles. The van der Waals surface area contributed by atoms with Crippen molar-refractivity contribution < 1.29 is 28.8 Å². The summed E-state index contributed by atoms with van der Waals surface area (Å²) >= 11 is 0. The van der Waals surface area contributed by atoms with Gasteiger partial charge in [0.1, 0.15) is 12.2 Å². The van der Waals surface area contributed by atoms with E-state index in [-0.39, 0.29) is 5.76 Å². The summed E-state index contributed by atoms with van der Waals surface area (Å²) in [6, 6.07) is 0. The second-order valence-electron chi connectivity index (χ2n) is 2.96. The number of methoxy groups -OCH3 is 3. The summed E-state index contributed by atoms with van der Waals surface area (Å²) < 4.78 is 20.2. The van der Waals surface area contributed by atoms with Crippen LogP contribution in [0.15, 0.2) is 11.8 Å². The van der Waals surface area contributed by atoms with E-state index in [9.17, 15) is 4.79 Å². The molecule has 0 aromatic carbocycles. The Hall–Kier alpha value is -1.11. The lowest BCUT2D eigenvalue weighted by atomic mass is 10.1. The topological polar surface area (TPSA) is 74.2 Å². The van der Waals surface area contributed by atoms with Crippen LogP contribution in [0.2, 0.25) is 0 Å². The van der Waals surface area contributed by atoms with Gasteiger partial charge in [0.15, 0.2) is 0 Å². The molecule has 0 saturated carbocycles. The van der Waals surface area contributed by atoms with Crippen LogP contribution in [0, 0.1) is 0 Å². The van der Waals surface area contributed by atoms with Crippen molar-refractivity contribution in [3.63, 3.8) is 0 Å². The zero-order valence-electron chi connectivity index (χ0n) is 8.80. The highest BCUT2D eigenvalue weighted by Gasteiger charge is 2.37. The predicted octanol–water partition coefficient (Wildman–Crippen LogP) is -0.0124. The lowest BCUT2D eigenvalue weighted by Gasteiger charge is -2.33. The van der Waals surface area contributed by atoms with E-state index in [0.29, 0.717) is 0 Å². The van der Waals surface area contributed by atoms with Gasteiger partial charge in [-0.1, -0.05) is 0 Å². The van der Waals surface area contributed by atoms with E-state index in [0.717, 1.165) is 0 Å². The van der Waals surface area contributed by atoms with Gasteiger partial charge < -0.3 is 24.1 Å². The van der Waals surface area contributed by atoms with E-state index in [1.54, 1.807) is 0 Å². The van der Waals surface area contributed by atoms with Crippen molar-refractivity contribution in [2.24, 2.45) is 0 Å². The summed E-state index contributed by atoms with van der Waals surface area (Å²) in [4.78, 5) is 10.7. The lowest BCUT2D eigenvalue weighted by Crippen LogP contribution is -2.45. The summed E-state index contributed by atoms with van der Waals surface area (Å²) in [7, 11) is 4.35. The highest BCUT2D eigenvalue weighted by Crippen LogP contribution is 2.22. The largest absolute Gasteiger partial charge is 0.475 e. The minimum atomic E-state index is -1.16. The molecule has 0 aliphatic carbocycles. The molecule has 0 amide bonds. The van der Waals surface area contributed by atoms with Crippen molar-refractivity contribution in [2.75, 3.05) is 21.3 Å². The highest BCUT2D eigenvalue weighted by molar-refractivity contribution is 5.84. The Labute approximate surface area is 87.4 Å². The highest BCUT2D eigenvalue weighted by atomic mass is 16.7. The van der Waals surface area contributed by atoms with E-state index in [4.69, 9.17) is 24.1 Å². The van der Waals surface area contributed by atoms with Gasteiger partial charge in [-0.3, -0.25) is 0 Å². The molecule has 6 nitrogen and oxygen atoms in total. The molecule has 0 radical (unpaired) electrons. The SMILES string of the molecule is COC1C=C(C(=O)O)OC(OC)C1OC.